The summed E-state index contributed by atoms with van der Waals surface area (Å²) in [6.07, 6.45) is 7.99. The van der Waals surface area contributed by atoms with Crippen LogP contribution in [0.25, 0.3) is 0 Å². The Morgan fingerprint density at radius 1 is 1.10 bits per heavy atom. The topological polar surface area (TPSA) is 29.1 Å². The molecule has 0 spiro atoms. The molecule has 4 fully saturated rings. The van der Waals surface area contributed by atoms with Gasteiger partial charge in [-0.1, -0.05) is 12.1 Å². The third kappa shape index (κ3) is 2.37. The lowest BCUT2D eigenvalue weighted by atomic mass is 9.49. The molecule has 0 heterocycles. The van der Waals surface area contributed by atoms with E-state index in [-0.39, 0.29) is 11.5 Å². The fourth-order valence-corrected chi connectivity index (χ4v) is 5.51. The zero-order valence-corrected chi connectivity index (χ0v) is 12.3. The minimum Gasteiger partial charge on any atom is -0.351 e. The van der Waals surface area contributed by atoms with Crippen molar-refractivity contribution in [3.05, 3.63) is 35.6 Å². The summed E-state index contributed by atoms with van der Waals surface area (Å²) >= 11 is 0. The van der Waals surface area contributed by atoms with E-state index in [1.165, 1.54) is 44.6 Å². The highest BCUT2D eigenvalue weighted by molar-refractivity contribution is 5.94. The number of hydrogen-bond donors (Lipinski definition) is 1. The number of hydrogen-bond acceptors (Lipinski definition) is 1. The van der Waals surface area contributed by atoms with E-state index in [0.29, 0.717) is 5.41 Å². The molecular weight excluding hydrogens is 265 g/mol. The molecule has 0 radical (unpaired) electrons. The van der Waals surface area contributed by atoms with Crippen LogP contribution in [0.2, 0.25) is 0 Å². The summed E-state index contributed by atoms with van der Waals surface area (Å²) in [5.41, 5.74) is 0.470. The smallest absolute Gasteiger partial charge is 0.254 e. The van der Waals surface area contributed by atoms with Crippen LogP contribution in [0.15, 0.2) is 24.3 Å². The van der Waals surface area contributed by atoms with Crippen LogP contribution in [-0.2, 0) is 0 Å². The average molecular weight is 287 g/mol. The third-order valence-electron chi connectivity index (χ3n) is 5.91. The second kappa shape index (κ2) is 4.82. The van der Waals surface area contributed by atoms with E-state index in [9.17, 15) is 9.18 Å². The number of rotatable bonds is 3. The summed E-state index contributed by atoms with van der Waals surface area (Å²) in [5, 5.41) is 3.02. The predicted octanol–water partition coefficient (Wildman–Crippen LogP) is 3.77. The van der Waals surface area contributed by atoms with E-state index in [1.807, 2.05) is 0 Å². The summed E-state index contributed by atoms with van der Waals surface area (Å²) < 4.78 is 13.7. The lowest BCUT2D eigenvalue weighted by Gasteiger charge is -2.56. The standard InChI is InChI=1S/C18H22FNO/c19-16-4-2-1-3-15(16)17(21)20-11-18-8-12-5-13(9-18)7-14(6-12)10-18/h1-4,12-14H,5-11H2,(H,20,21). The van der Waals surface area contributed by atoms with Crippen LogP contribution in [0.1, 0.15) is 48.9 Å². The minimum atomic E-state index is -0.430. The van der Waals surface area contributed by atoms with Crippen LogP contribution in [0.3, 0.4) is 0 Å². The molecule has 1 amide bonds. The molecule has 1 N–H and O–H groups in total. The normalized spacial score (nSPS) is 36.7. The number of amides is 1. The van der Waals surface area contributed by atoms with Crippen molar-refractivity contribution in [2.24, 2.45) is 23.2 Å². The van der Waals surface area contributed by atoms with E-state index < -0.39 is 5.82 Å². The zero-order chi connectivity index (χ0) is 14.4. The highest BCUT2D eigenvalue weighted by atomic mass is 19.1. The summed E-state index contributed by atoms with van der Waals surface area (Å²) in [4.78, 5) is 12.2. The van der Waals surface area contributed by atoms with Crippen molar-refractivity contribution >= 4 is 5.91 Å². The number of carbonyl (C=O) groups excluding carboxylic acids is 1. The molecular formula is C18H22FNO. The SMILES string of the molecule is O=C(NCC12CC3CC(CC(C3)C1)C2)c1ccccc1F. The fraction of sp³-hybridized carbons (Fsp3) is 0.611. The second-order valence-corrected chi connectivity index (χ2v) is 7.58. The van der Waals surface area contributed by atoms with Gasteiger partial charge in [0.15, 0.2) is 0 Å². The van der Waals surface area contributed by atoms with Crippen LogP contribution >= 0.6 is 0 Å². The van der Waals surface area contributed by atoms with Gasteiger partial charge < -0.3 is 5.32 Å². The van der Waals surface area contributed by atoms with Gasteiger partial charge >= 0.3 is 0 Å². The molecule has 4 saturated carbocycles. The Hall–Kier alpha value is -1.38. The monoisotopic (exact) mass is 287 g/mol. The summed E-state index contributed by atoms with van der Waals surface area (Å²) in [5.74, 6) is 1.94. The Bertz CT molecular complexity index is 533. The molecule has 3 heteroatoms. The quantitative estimate of drug-likeness (QED) is 0.901. The molecule has 1 aromatic carbocycles. The van der Waals surface area contributed by atoms with E-state index in [1.54, 1.807) is 18.2 Å². The number of nitrogens with one attached hydrogen (secondary N) is 1. The molecule has 5 rings (SSSR count). The molecule has 21 heavy (non-hydrogen) atoms. The lowest BCUT2D eigenvalue weighted by Crippen LogP contribution is -2.51. The molecule has 4 bridgehead atoms. The van der Waals surface area contributed by atoms with Crippen LogP contribution < -0.4 is 5.32 Å². The van der Waals surface area contributed by atoms with E-state index >= 15 is 0 Å². The van der Waals surface area contributed by atoms with Crippen molar-refractivity contribution in [1.29, 1.82) is 0 Å². The van der Waals surface area contributed by atoms with Gasteiger partial charge in [0.25, 0.3) is 5.91 Å². The Morgan fingerprint density at radius 2 is 1.67 bits per heavy atom. The summed E-state index contributed by atoms with van der Waals surface area (Å²) in [7, 11) is 0. The molecule has 1 aromatic rings. The molecule has 0 saturated heterocycles. The van der Waals surface area contributed by atoms with Crippen molar-refractivity contribution in [3.63, 3.8) is 0 Å². The van der Waals surface area contributed by atoms with Gasteiger partial charge in [0.1, 0.15) is 5.82 Å². The Kier molecular flexibility index (Phi) is 3.05. The van der Waals surface area contributed by atoms with Gasteiger partial charge in [0.05, 0.1) is 5.56 Å². The fourth-order valence-electron chi connectivity index (χ4n) is 5.51. The molecule has 0 unspecified atom stereocenters. The maximum atomic E-state index is 13.7. The van der Waals surface area contributed by atoms with Gasteiger partial charge in [-0.25, -0.2) is 4.39 Å². The van der Waals surface area contributed by atoms with Crippen LogP contribution in [0.5, 0.6) is 0 Å². The molecule has 0 aliphatic heterocycles. The van der Waals surface area contributed by atoms with Gasteiger partial charge in [-0.3, -0.25) is 4.79 Å². The van der Waals surface area contributed by atoms with E-state index in [2.05, 4.69) is 5.32 Å². The van der Waals surface area contributed by atoms with Gasteiger partial charge in [-0.15, -0.1) is 0 Å². The zero-order valence-electron chi connectivity index (χ0n) is 12.3. The van der Waals surface area contributed by atoms with Crippen molar-refractivity contribution < 1.29 is 9.18 Å². The molecule has 2 nitrogen and oxygen atoms in total. The van der Waals surface area contributed by atoms with Gasteiger partial charge in [-0.2, -0.15) is 0 Å². The molecule has 0 aromatic heterocycles. The highest BCUT2D eigenvalue weighted by Crippen LogP contribution is 2.59. The van der Waals surface area contributed by atoms with Crippen LogP contribution in [0, 0.1) is 29.0 Å². The van der Waals surface area contributed by atoms with E-state index in [4.69, 9.17) is 0 Å². The molecule has 0 atom stereocenters. The first-order valence-electron chi connectivity index (χ1n) is 8.16. The Balaban J connectivity index is 1.45. The highest BCUT2D eigenvalue weighted by Gasteiger charge is 2.50. The molecule has 112 valence electrons. The number of carbonyl (C=O) groups is 1. The maximum Gasteiger partial charge on any atom is 0.254 e. The summed E-state index contributed by atoms with van der Waals surface area (Å²) in [6, 6.07) is 6.23. The van der Waals surface area contributed by atoms with Crippen molar-refractivity contribution in [2.45, 2.75) is 38.5 Å². The third-order valence-corrected chi connectivity index (χ3v) is 5.91. The minimum absolute atomic E-state index is 0.169. The second-order valence-electron chi connectivity index (χ2n) is 7.58. The van der Waals surface area contributed by atoms with Crippen molar-refractivity contribution in [3.8, 4) is 0 Å². The largest absolute Gasteiger partial charge is 0.351 e. The van der Waals surface area contributed by atoms with E-state index in [0.717, 1.165) is 24.3 Å². The first-order chi connectivity index (χ1) is 10.1. The lowest BCUT2D eigenvalue weighted by molar-refractivity contribution is -0.0503. The van der Waals surface area contributed by atoms with Gasteiger partial charge in [-0.05, 0) is 73.8 Å². The average Bonchev–Trinajstić information content (AvgIpc) is 2.44. The predicted molar refractivity (Wildman–Crippen MR) is 79.3 cm³/mol. The maximum absolute atomic E-state index is 13.7. The number of benzene rings is 1. The summed E-state index contributed by atoms with van der Waals surface area (Å²) in [6.45, 7) is 0.726. The Morgan fingerprint density at radius 3 is 2.24 bits per heavy atom. The molecule has 4 aliphatic carbocycles. The first kappa shape index (κ1) is 13.3. The van der Waals surface area contributed by atoms with Crippen LogP contribution in [0.4, 0.5) is 4.39 Å². The van der Waals surface area contributed by atoms with Gasteiger partial charge in [0.2, 0.25) is 0 Å². The van der Waals surface area contributed by atoms with Crippen LogP contribution in [-0.4, -0.2) is 12.5 Å². The van der Waals surface area contributed by atoms with Crippen molar-refractivity contribution in [2.75, 3.05) is 6.54 Å². The number of halogens is 1. The van der Waals surface area contributed by atoms with Gasteiger partial charge in [0, 0.05) is 6.54 Å². The van der Waals surface area contributed by atoms with Crippen molar-refractivity contribution in [1.82, 2.24) is 5.32 Å². The Labute approximate surface area is 125 Å². The first-order valence-corrected chi connectivity index (χ1v) is 8.16. The molecule has 4 aliphatic rings.